The summed E-state index contributed by atoms with van der Waals surface area (Å²) in [7, 11) is 1.58. The van der Waals surface area contributed by atoms with Gasteiger partial charge in [0, 0.05) is 5.69 Å². The van der Waals surface area contributed by atoms with Crippen LogP contribution in [0, 0.1) is 5.92 Å². The zero-order chi connectivity index (χ0) is 29.4. The summed E-state index contributed by atoms with van der Waals surface area (Å²) in [4.78, 5) is 46.3. The van der Waals surface area contributed by atoms with Crippen molar-refractivity contribution in [1.29, 1.82) is 0 Å². The molecule has 0 aliphatic carbocycles. The molecule has 0 fully saturated rings. The van der Waals surface area contributed by atoms with E-state index >= 15 is 0 Å². The number of anilines is 2. The second kappa shape index (κ2) is 11.1. The number of ether oxygens (including phenoxy) is 1. The quantitative estimate of drug-likeness (QED) is 0.376. The number of aromatic nitrogens is 1. The van der Waals surface area contributed by atoms with Gasteiger partial charge in [0.25, 0.3) is 17.4 Å². The van der Waals surface area contributed by atoms with E-state index in [-0.39, 0.29) is 17.4 Å². The number of nitrogens with zero attached hydrogens (tertiary/aromatic N) is 4. The summed E-state index contributed by atoms with van der Waals surface area (Å²) < 4.78 is 7.22. The Hall–Kier alpha value is -5.09. The third-order valence-corrected chi connectivity index (χ3v) is 8.23. The van der Waals surface area contributed by atoms with Gasteiger partial charge >= 0.3 is 0 Å². The van der Waals surface area contributed by atoms with E-state index in [0.717, 1.165) is 5.56 Å². The summed E-state index contributed by atoms with van der Waals surface area (Å²) in [5.41, 5.74) is 3.11. The average Bonchev–Trinajstić information content (AvgIpc) is 3.47. The number of fused-ring (bicyclic) bond motifs is 1. The Morgan fingerprint density at radius 2 is 1.62 bits per heavy atom. The molecular weight excluding hydrogens is 550 g/mol. The minimum absolute atomic E-state index is 0.240. The molecule has 2 aliphatic heterocycles. The minimum Gasteiger partial charge on any atom is -0.497 e. The lowest BCUT2D eigenvalue weighted by Gasteiger charge is -2.25. The van der Waals surface area contributed by atoms with Gasteiger partial charge in [-0.25, -0.2) is 4.99 Å². The molecule has 2 amide bonds. The van der Waals surface area contributed by atoms with Crippen LogP contribution < -0.4 is 30.0 Å². The molecule has 1 aromatic heterocycles. The van der Waals surface area contributed by atoms with Crippen molar-refractivity contribution in [3.8, 4) is 5.75 Å². The molecular formula is C32H27N5O4S. The fourth-order valence-electron chi connectivity index (χ4n) is 5.12. The number of hydrogen-bond donors (Lipinski definition) is 1. The molecule has 210 valence electrons. The van der Waals surface area contributed by atoms with E-state index in [1.54, 1.807) is 51.3 Å². The van der Waals surface area contributed by atoms with E-state index in [2.05, 4.69) is 15.4 Å². The molecule has 6 rings (SSSR count). The van der Waals surface area contributed by atoms with Crippen molar-refractivity contribution in [3.63, 3.8) is 0 Å². The zero-order valence-electron chi connectivity index (χ0n) is 23.1. The molecule has 9 nitrogen and oxygen atoms in total. The van der Waals surface area contributed by atoms with Crippen LogP contribution in [0.2, 0.25) is 0 Å². The molecule has 0 unspecified atom stereocenters. The van der Waals surface area contributed by atoms with Crippen molar-refractivity contribution in [3.05, 3.63) is 121 Å². The van der Waals surface area contributed by atoms with Crippen molar-refractivity contribution in [2.75, 3.05) is 17.4 Å². The average molecular weight is 578 g/mol. The van der Waals surface area contributed by atoms with Crippen molar-refractivity contribution in [1.82, 2.24) is 4.57 Å². The van der Waals surface area contributed by atoms with Crippen LogP contribution in [-0.4, -0.2) is 29.2 Å². The molecule has 2 atom stereocenters. The van der Waals surface area contributed by atoms with Crippen LogP contribution in [0.1, 0.15) is 25.5 Å². The van der Waals surface area contributed by atoms with E-state index in [9.17, 15) is 14.4 Å². The van der Waals surface area contributed by atoms with E-state index in [0.29, 0.717) is 43.4 Å². The Balaban J connectivity index is 1.45. The van der Waals surface area contributed by atoms with Crippen LogP contribution >= 0.6 is 11.3 Å². The summed E-state index contributed by atoms with van der Waals surface area (Å²) in [6, 6.07) is 24.8. The van der Waals surface area contributed by atoms with Gasteiger partial charge in [-0.1, -0.05) is 59.9 Å². The number of hydrazone groups is 1. The largest absolute Gasteiger partial charge is 0.497 e. The first-order valence-electron chi connectivity index (χ1n) is 13.3. The van der Waals surface area contributed by atoms with Gasteiger partial charge < -0.3 is 10.1 Å². The monoisotopic (exact) mass is 577 g/mol. The maximum atomic E-state index is 14.0. The number of thiazole rings is 1. The van der Waals surface area contributed by atoms with Gasteiger partial charge in [0.15, 0.2) is 4.80 Å². The Bertz CT molecular complexity index is 1930. The minimum atomic E-state index is -0.743. The van der Waals surface area contributed by atoms with E-state index in [1.807, 2.05) is 60.7 Å². The van der Waals surface area contributed by atoms with Crippen molar-refractivity contribution in [2.24, 2.45) is 16.0 Å². The normalized spacial score (nSPS) is 18.5. The van der Waals surface area contributed by atoms with Crippen molar-refractivity contribution < 1.29 is 14.3 Å². The van der Waals surface area contributed by atoms with Crippen molar-refractivity contribution in [2.45, 2.75) is 19.9 Å². The van der Waals surface area contributed by atoms with Crippen LogP contribution in [-0.2, 0) is 9.59 Å². The first-order chi connectivity index (χ1) is 20.4. The smallest absolute Gasteiger partial charge is 0.270 e. The predicted molar refractivity (Wildman–Crippen MR) is 163 cm³/mol. The molecule has 0 radical (unpaired) electrons. The predicted octanol–water partition coefficient (Wildman–Crippen LogP) is 3.87. The van der Waals surface area contributed by atoms with Gasteiger partial charge in [0.05, 0.1) is 40.4 Å². The number of para-hydroxylation sites is 2. The Labute approximate surface area is 245 Å². The lowest BCUT2D eigenvalue weighted by Crippen LogP contribution is -2.41. The van der Waals surface area contributed by atoms with Crippen molar-refractivity contribution >= 4 is 46.3 Å². The Morgan fingerprint density at radius 3 is 2.29 bits per heavy atom. The first-order valence-corrected chi connectivity index (χ1v) is 14.1. The topological polar surface area (TPSA) is 105 Å². The van der Waals surface area contributed by atoms with Crippen LogP contribution in [0.4, 0.5) is 11.4 Å². The fourth-order valence-corrected chi connectivity index (χ4v) is 6.18. The fraction of sp³-hybridized carbons (Fsp3) is 0.156. The molecule has 42 heavy (non-hydrogen) atoms. The summed E-state index contributed by atoms with van der Waals surface area (Å²) in [5.74, 6) is -0.645. The first kappa shape index (κ1) is 27.1. The number of carbonyl (C=O) groups excluding carboxylic acids is 2. The molecule has 4 aromatic rings. The highest BCUT2D eigenvalue weighted by atomic mass is 32.1. The molecule has 0 bridgehead atoms. The highest BCUT2D eigenvalue weighted by Crippen LogP contribution is 2.32. The second-order valence-corrected chi connectivity index (χ2v) is 10.9. The van der Waals surface area contributed by atoms with Gasteiger partial charge in [-0.05, 0) is 61.9 Å². The summed E-state index contributed by atoms with van der Waals surface area (Å²) in [5, 5.41) is 8.77. The number of amides is 2. The van der Waals surface area contributed by atoms with E-state index in [4.69, 9.17) is 4.74 Å². The lowest BCUT2D eigenvalue weighted by atomic mass is 9.95. The van der Waals surface area contributed by atoms with Gasteiger partial charge in [-0.3, -0.25) is 19.0 Å². The molecule has 0 saturated heterocycles. The molecule has 3 aromatic carbocycles. The molecule has 0 saturated carbocycles. The number of hydrogen-bond acceptors (Lipinski definition) is 7. The summed E-state index contributed by atoms with van der Waals surface area (Å²) >= 11 is 1.19. The van der Waals surface area contributed by atoms with Crippen LogP contribution in [0.5, 0.6) is 5.75 Å². The number of nitrogens with one attached hydrogen (secondary N) is 1. The third-order valence-electron chi connectivity index (χ3n) is 7.23. The zero-order valence-corrected chi connectivity index (χ0v) is 24.0. The molecule has 2 aliphatic rings. The maximum Gasteiger partial charge on any atom is 0.270 e. The second-order valence-electron chi connectivity index (χ2n) is 9.90. The van der Waals surface area contributed by atoms with Gasteiger partial charge in [-0.2, -0.15) is 10.1 Å². The number of allylic oxidation sites excluding steroid dienone is 1. The summed E-state index contributed by atoms with van der Waals surface area (Å²) in [6.07, 6.45) is 1.65. The Kier molecular flexibility index (Phi) is 7.13. The van der Waals surface area contributed by atoms with E-state index < -0.39 is 12.0 Å². The molecule has 10 heteroatoms. The molecule has 1 N–H and O–H groups in total. The van der Waals surface area contributed by atoms with Crippen LogP contribution in [0.3, 0.4) is 0 Å². The molecule has 3 heterocycles. The number of carbonyl (C=O) groups is 2. The van der Waals surface area contributed by atoms with Gasteiger partial charge in [0.1, 0.15) is 11.7 Å². The third kappa shape index (κ3) is 4.86. The number of methoxy groups -OCH3 is 1. The SMILES string of the molecule is COc1ccc([C@H]2C(C(=O)Nc3ccccc3)=C(C)N=c3s/c(=C\[C@H]4C(=O)N(c5ccccc5)N=C4C)c(=O)n32)cc1. The lowest BCUT2D eigenvalue weighted by molar-refractivity contribution is -0.118. The Morgan fingerprint density at radius 1 is 0.952 bits per heavy atom. The van der Waals surface area contributed by atoms with Crippen LogP contribution in [0.15, 0.2) is 111 Å². The summed E-state index contributed by atoms with van der Waals surface area (Å²) in [6.45, 7) is 3.54. The highest BCUT2D eigenvalue weighted by Gasteiger charge is 2.35. The van der Waals surface area contributed by atoms with Gasteiger partial charge in [-0.15, -0.1) is 0 Å². The number of benzene rings is 3. The standard InChI is InChI=1S/C32H27N5O4S/c1-19-25(30(39)37(35-19)23-12-8-5-9-13-23)18-26-31(40)36-28(21-14-16-24(41-3)17-15-21)27(20(2)33-32(36)42-26)29(38)34-22-10-6-4-7-11-22/h4-18,25,28H,1-3H3,(H,34,38)/b26-18-/t25-,28+/m1/s1. The highest BCUT2D eigenvalue weighted by molar-refractivity contribution is 7.07. The van der Waals surface area contributed by atoms with Crippen LogP contribution in [0.25, 0.3) is 6.08 Å². The van der Waals surface area contributed by atoms with E-state index in [1.165, 1.54) is 20.9 Å². The van der Waals surface area contributed by atoms with Gasteiger partial charge in [0.2, 0.25) is 0 Å². The molecule has 0 spiro atoms. The number of rotatable bonds is 6. The maximum absolute atomic E-state index is 14.0.